The van der Waals surface area contributed by atoms with E-state index in [4.69, 9.17) is 11.0 Å². The van der Waals surface area contributed by atoms with E-state index in [1.807, 2.05) is 18.2 Å². The minimum atomic E-state index is -3.48. The summed E-state index contributed by atoms with van der Waals surface area (Å²) in [6, 6.07) is 22.8. The van der Waals surface area contributed by atoms with E-state index in [-0.39, 0.29) is 0 Å². The van der Waals surface area contributed by atoms with Crippen LogP contribution in [0.3, 0.4) is 0 Å². The summed E-state index contributed by atoms with van der Waals surface area (Å²) in [4.78, 5) is 0.596. The van der Waals surface area contributed by atoms with Crippen LogP contribution in [-0.2, 0) is 16.3 Å². The Hall–Kier alpha value is -3.30. The van der Waals surface area contributed by atoms with E-state index in [1.165, 1.54) is 0 Å². The van der Waals surface area contributed by atoms with Crippen molar-refractivity contribution in [1.29, 1.82) is 5.26 Å². The first-order valence-electron chi connectivity index (χ1n) is 8.93. The average Bonchev–Trinajstić information content (AvgIpc) is 2.73. The number of sulfone groups is 1. The molecule has 0 aromatic heterocycles. The smallest absolute Gasteiger partial charge is 0.206 e. The van der Waals surface area contributed by atoms with Gasteiger partial charge in [0.2, 0.25) is 9.84 Å². The fourth-order valence-electron chi connectivity index (χ4n) is 2.86. The normalized spacial score (nSPS) is 11.0. The quantitative estimate of drug-likeness (QED) is 0.468. The fourth-order valence-corrected chi connectivity index (χ4v) is 4.14. The lowest BCUT2D eigenvalue weighted by molar-refractivity contribution is 0.596. The van der Waals surface area contributed by atoms with E-state index < -0.39 is 9.84 Å². The van der Waals surface area contributed by atoms with Crippen molar-refractivity contribution in [2.45, 2.75) is 22.6 Å². The molecule has 28 heavy (non-hydrogen) atoms. The Morgan fingerprint density at radius 2 is 1.61 bits per heavy atom. The predicted octanol–water partition coefficient (Wildman–Crippen LogP) is 4.02. The van der Waals surface area contributed by atoms with Gasteiger partial charge in [0.25, 0.3) is 0 Å². The molecule has 0 saturated carbocycles. The number of nitriles is 1. The third-order valence-electron chi connectivity index (χ3n) is 4.43. The van der Waals surface area contributed by atoms with Crippen molar-refractivity contribution >= 4 is 21.2 Å². The van der Waals surface area contributed by atoms with E-state index in [0.29, 0.717) is 21.0 Å². The van der Waals surface area contributed by atoms with E-state index in [9.17, 15) is 8.42 Å². The Kier molecular flexibility index (Phi) is 5.97. The molecule has 0 aliphatic carbocycles. The van der Waals surface area contributed by atoms with Gasteiger partial charge < -0.3 is 11.1 Å². The highest BCUT2D eigenvalue weighted by Crippen LogP contribution is 2.21. The van der Waals surface area contributed by atoms with Gasteiger partial charge >= 0.3 is 0 Å². The van der Waals surface area contributed by atoms with Gasteiger partial charge in [-0.25, -0.2) is 8.42 Å². The molecule has 0 heterocycles. The lowest BCUT2D eigenvalue weighted by Gasteiger charge is -2.09. The van der Waals surface area contributed by atoms with Crippen LogP contribution >= 0.6 is 0 Å². The van der Waals surface area contributed by atoms with Gasteiger partial charge in [0, 0.05) is 17.9 Å². The van der Waals surface area contributed by atoms with Crippen LogP contribution in [0.1, 0.15) is 17.5 Å². The van der Waals surface area contributed by atoms with Crippen LogP contribution < -0.4 is 11.1 Å². The van der Waals surface area contributed by atoms with Crippen molar-refractivity contribution in [1.82, 2.24) is 0 Å². The molecule has 0 bridgehead atoms. The van der Waals surface area contributed by atoms with Crippen molar-refractivity contribution in [3.63, 3.8) is 0 Å². The summed E-state index contributed by atoms with van der Waals surface area (Å²) in [6.45, 7) is 0.735. The maximum Gasteiger partial charge on any atom is 0.206 e. The van der Waals surface area contributed by atoms with Gasteiger partial charge in [-0.1, -0.05) is 30.3 Å². The summed E-state index contributed by atoms with van der Waals surface area (Å²) in [5, 5.41) is 12.3. The SMILES string of the molecule is N#Cc1cc(NCCCc2ccc(S(=O)(=O)c3ccccc3)cc2)ccc1N. The molecule has 0 aliphatic heterocycles. The van der Waals surface area contributed by atoms with Crippen molar-refractivity contribution in [2.75, 3.05) is 17.6 Å². The molecule has 0 saturated heterocycles. The Morgan fingerprint density at radius 3 is 2.29 bits per heavy atom. The van der Waals surface area contributed by atoms with E-state index in [0.717, 1.165) is 30.6 Å². The highest BCUT2D eigenvalue weighted by atomic mass is 32.2. The van der Waals surface area contributed by atoms with Gasteiger partial charge in [0.15, 0.2) is 0 Å². The molecular formula is C22H21N3O2S. The second kappa shape index (κ2) is 8.59. The Bertz CT molecular complexity index is 1090. The highest BCUT2D eigenvalue weighted by Gasteiger charge is 2.16. The maximum atomic E-state index is 12.6. The zero-order chi connectivity index (χ0) is 20.0. The molecule has 0 radical (unpaired) electrons. The Balaban J connectivity index is 1.56. The molecule has 0 amide bonds. The zero-order valence-electron chi connectivity index (χ0n) is 15.3. The van der Waals surface area contributed by atoms with Gasteiger partial charge in [0.1, 0.15) is 6.07 Å². The summed E-state index contributed by atoms with van der Waals surface area (Å²) >= 11 is 0. The van der Waals surface area contributed by atoms with Crippen LogP contribution in [0.5, 0.6) is 0 Å². The van der Waals surface area contributed by atoms with Gasteiger partial charge in [-0.3, -0.25) is 0 Å². The Morgan fingerprint density at radius 1 is 0.929 bits per heavy atom. The van der Waals surface area contributed by atoms with Crippen LogP contribution in [0.25, 0.3) is 0 Å². The number of anilines is 2. The average molecular weight is 391 g/mol. The van der Waals surface area contributed by atoms with Gasteiger partial charge in [-0.2, -0.15) is 5.26 Å². The number of nitrogens with two attached hydrogens (primary N) is 1. The number of benzene rings is 3. The predicted molar refractivity (Wildman–Crippen MR) is 111 cm³/mol. The molecular weight excluding hydrogens is 370 g/mol. The standard InChI is InChI=1S/C22H21N3O2S/c23-16-18-15-19(10-13-22(18)24)25-14-4-5-17-8-11-21(12-9-17)28(26,27)20-6-2-1-3-7-20/h1-3,6-13,15,25H,4-5,14,24H2. The summed E-state index contributed by atoms with van der Waals surface area (Å²) in [5.74, 6) is 0. The van der Waals surface area contributed by atoms with Gasteiger partial charge in [-0.05, 0) is 60.9 Å². The van der Waals surface area contributed by atoms with Crippen LogP contribution in [0.15, 0.2) is 82.6 Å². The van der Waals surface area contributed by atoms with Crippen molar-refractivity contribution < 1.29 is 8.42 Å². The molecule has 5 nitrogen and oxygen atoms in total. The zero-order valence-corrected chi connectivity index (χ0v) is 16.1. The molecule has 0 aliphatic rings. The number of hydrogen-bond acceptors (Lipinski definition) is 5. The summed E-state index contributed by atoms with van der Waals surface area (Å²) in [6.07, 6.45) is 1.69. The van der Waals surface area contributed by atoms with E-state index in [1.54, 1.807) is 54.6 Å². The first-order valence-corrected chi connectivity index (χ1v) is 10.4. The fraction of sp³-hybridized carbons (Fsp3) is 0.136. The lowest BCUT2D eigenvalue weighted by Crippen LogP contribution is -2.04. The highest BCUT2D eigenvalue weighted by molar-refractivity contribution is 7.91. The number of rotatable bonds is 7. The molecule has 3 N–H and O–H groups in total. The molecule has 6 heteroatoms. The van der Waals surface area contributed by atoms with Crippen molar-refractivity contribution in [3.8, 4) is 6.07 Å². The maximum absolute atomic E-state index is 12.6. The largest absolute Gasteiger partial charge is 0.398 e. The molecule has 0 unspecified atom stereocenters. The van der Waals surface area contributed by atoms with Gasteiger partial charge in [-0.15, -0.1) is 0 Å². The van der Waals surface area contributed by atoms with E-state index in [2.05, 4.69) is 11.4 Å². The van der Waals surface area contributed by atoms with Crippen LogP contribution in [0.2, 0.25) is 0 Å². The minimum absolute atomic E-state index is 0.298. The first-order chi connectivity index (χ1) is 13.5. The molecule has 0 fully saturated rings. The number of nitrogen functional groups attached to an aromatic ring is 1. The second-order valence-electron chi connectivity index (χ2n) is 6.40. The summed E-state index contributed by atoms with van der Waals surface area (Å²) in [7, 11) is -3.48. The first kappa shape index (κ1) is 19.5. The second-order valence-corrected chi connectivity index (χ2v) is 8.35. The molecule has 3 aromatic carbocycles. The Labute approximate surface area is 165 Å². The van der Waals surface area contributed by atoms with Crippen molar-refractivity contribution in [2.24, 2.45) is 0 Å². The molecule has 3 rings (SSSR count). The summed E-state index contributed by atoms with van der Waals surface area (Å²) < 4.78 is 25.2. The van der Waals surface area contributed by atoms with E-state index >= 15 is 0 Å². The van der Waals surface area contributed by atoms with Crippen LogP contribution in [0.4, 0.5) is 11.4 Å². The number of nitrogens with zero attached hydrogens (tertiary/aromatic N) is 1. The minimum Gasteiger partial charge on any atom is -0.398 e. The monoisotopic (exact) mass is 391 g/mol. The van der Waals surface area contributed by atoms with Crippen molar-refractivity contribution in [3.05, 3.63) is 83.9 Å². The lowest BCUT2D eigenvalue weighted by atomic mass is 10.1. The molecule has 0 spiro atoms. The molecule has 0 atom stereocenters. The third-order valence-corrected chi connectivity index (χ3v) is 6.22. The summed E-state index contributed by atoms with van der Waals surface area (Å²) in [5.41, 5.74) is 8.58. The van der Waals surface area contributed by atoms with Crippen LogP contribution in [0, 0.1) is 11.3 Å². The number of nitrogens with one attached hydrogen (secondary N) is 1. The third kappa shape index (κ3) is 4.51. The topological polar surface area (TPSA) is 96.0 Å². The van der Waals surface area contributed by atoms with Crippen LogP contribution in [-0.4, -0.2) is 15.0 Å². The van der Waals surface area contributed by atoms with Gasteiger partial charge in [0.05, 0.1) is 15.4 Å². The number of hydrogen-bond donors (Lipinski definition) is 2. The molecule has 142 valence electrons. The molecule has 3 aromatic rings. The number of aryl methyl sites for hydroxylation is 1.